The third-order valence-electron chi connectivity index (χ3n) is 7.90. The molecule has 1 aliphatic heterocycles. The van der Waals surface area contributed by atoms with Gasteiger partial charge < -0.3 is 23.4 Å². The number of hydrogen-bond acceptors (Lipinski definition) is 5. The topological polar surface area (TPSA) is 46.2 Å². The van der Waals surface area contributed by atoms with Crippen molar-refractivity contribution in [3.63, 3.8) is 0 Å². The molecule has 1 saturated heterocycles. The largest absolute Gasteiger partial charge is 0.497 e. The van der Waals surface area contributed by atoms with E-state index >= 15 is 0 Å². The minimum absolute atomic E-state index is 0.0918. The first kappa shape index (κ1) is 28.9. The van der Waals surface area contributed by atoms with Crippen LogP contribution in [0.1, 0.15) is 65.4 Å². The van der Waals surface area contributed by atoms with Crippen molar-refractivity contribution in [3.05, 3.63) is 65.7 Å². The van der Waals surface area contributed by atoms with E-state index in [1.807, 2.05) is 42.5 Å². The van der Waals surface area contributed by atoms with Crippen LogP contribution >= 0.6 is 0 Å². The van der Waals surface area contributed by atoms with Crippen LogP contribution in [-0.2, 0) is 25.2 Å². The van der Waals surface area contributed by atoms with Crippen molar-refractivity contribution in [2.45, 2.75) is 96.8 Å². The smallest absolute Gasteiger partial charge is 0.192 e. The highest BCUT2D eigenvalue weighted by molar-refractivity contribution is 6.74. The highest BCUT2D eigenvalue weighted by atomic mass is 28.4. The summed E-state index contributed by atoms with van der Waals surface area (Å²) in [5, 5.41) is 0.0918. The van der Waals surface area contributed by atoms with Crippen LogP contribution in [0.3, 0.4) is 0 Å². The molecule has 3 rings (SSSR count). The summed E-state index contributed by atoms with van der Waals surface area (Å²) in [6, 6.07) is 18.2. The molecule has 200 valence electrons. The van der Waals surface area contributed by atoms with Gasteiger partial charge in [0.25, 0.3) is 0 Å². The second kappa shape index (κ2) is 11.8. The molecule has 0 unspecified atom stereocenters. The third-order valence-corrected chi connectivity index (χ3v) is 12.4. The van der Waals surface area contributed by atoms with E-state index in [-0.39, 0.29) is 23.2 Å². The molecule has 6 heteroatoms. The van der Waals surface area contributed by atoms with E-state index in [1.165, 1.54) is 0 Å². The predicted molar refractivity (Wildman–Crippen MR) is 148 cm³/mol. The number of ether oxygens (including phenoxy) is 4. The first-order valence-electron chi connectivity index (χ1n) is 13.2. The van der Waals surface area contributed by atoms with Gasteiger partial charge in [-0.05, 0) is 49.2 Å². The molecular weight excluding hydrogens is 468 g/mol. The van der Waals surface area contributed by atoms with Crippen molar-refractivity contribution >= 4 is 8.32 Å². The Balaban J connectivity index is 1.94. The van der Waals surface area contributed by atoms with E-state index < -0.39 is 20.2 Å². The molecule has 0 aromatic heterocycles. The van der Waals surface area contributed by atoms with Gasteiger partial charge in [-0.2, -0.15) is 0 Å². The van der Waals surface area contributed by atoms with Gasteiger partial charge in [0.2, 0.25) is 0 Å². The maximum atomic E-state index is 7.05. The van der Waals surface area contributed by atoms with Crippen LogP contribution in [0, 0.1) is 5.92 Å². The van der Waals surface area contributed by atoms with E-state index in [0.717, 1.165) is 23.3 Å². The maximum Gasteiger partial charge on any atom is 0.192 e. The van der Waals surface area contributed by atoms with Gasteiger partial charge in [-0.3, -0.25) is 0 Å². The Hall–Kier alpha value is -1.70. The summed E-state index contributed by atoms with van der Waals surface area (Å²) in [6.07, 6.45) is 0.0291. The van der Waals surface area contributed by atoms with Crippen LogP contribution in [0.5, 0.6) is 5.75 Å². The number of hydrogen-bond donors (Lipinski definition) is 0. The quantitative estimate of drug-likeness (QED) is 0.307. The fraction of sp³-hybridized carbons (Fsp3) is 0.600. The van der Waals surface area contributed by atoms with Crippen molar-refractivity contribution < 1.29 is 23.4 Å². The molecule has 0 radical (unpaired) electrons. The Bertz CT molecular complexity index is 940. The van der Waals surface area contributed by atoms with E-state index in [0.29, 0.717) is 13.2 Å². The van der Waals surface area contributed by atoms with Crippen molar-refractivity contribution in [1.29, 1.82) is 0 Å². The van der Waals surface area contributed by atoms with Gasteiger partial charge in [0.1, 0.15) is 11.4 Å². The van der Waals surface area contributed by atoms with Gasteiger partial charge in [-0.25, -0.2) is 0 Å². The summed E-state index contributed by atoms with van der Waals surface area (Å²) in [6.45, 7) is 19.1. The highest BCUT2D eigenvalue weighted by Gasteiger charge is 2.52. The van der Waals surface area contributed by atoms with Crippen molar-refractivity contribution in [3.8, 4) is 5.75 Å². The van der Waals surface area contributed by atoms with Crippen LogP contribution in [0.15, 0.2) is 54.6 Å². The zero-order valence-electron chi connectivity index (χ0n) is 23.7. The van der Waals surface area contributed by atoms with E-state index in [2.05, 4.69) is 66.8 Å². The van der Waals surface area contributed by atoms with Crippen LogP contribution < -0.4 is 4.74 Å². The summed E-state index contributed by atoms with van der Waals surface area (Å²) >= 11 is 0. The van der Waals surface area contributed by atoms with Crippen molar-refractivity contribution in [1.82, 2.24) is 0 Å². The van der Waals surface area contributed by atoms with Gasteiger partial charge in [-0.15, -0.1) is 0 Å². The molecule has 2 aromatic carbocycles. The first-order chi connectivity index (χ1) is 16.9. The van der Waals surface area contributed by atoms with Gasteiger partial charge in [0.15, 0.2) is 14.6 Å². The van der Waals surface area contributed by atoms with Gasteiger partial charge >= 0.3 is 0 Å². The molecule has 1 heterocycles. The lowest BCUT2D eigenvalue weighted by Gasteiger charge is -2.51. The van der Waals surface area contributed by atoms with Crippen LogP contribution in [0.4, 0.5) is 0 Å². The Labute approximate surface area is 219 Å². The van der Waals surface area contributed by atoms with Crippen LogP contribution in [-0.4, -0.2) is 39.8 Å². The zero-order valence-corrected chi connectivity index (χ0v) is 24.7. The molecule has 36 heavy (non-hydrogen) atoms. The Morgan fingerprint density at radius 2 is 1.64 bits per heavy atom. The average Bonchev–Trinajstić information content (AvgIpc) is 2.86. The molecule has 0 bridgehead atoms. The molecule has 1 aliphatic rings. The summed E-state index contributed by atoms with van der Waals surface area (Å²) in [5.74, 6) is 0.946. The van der Waals surface area contributed by atoms with E-state index in [4.69, 9.17) is 23.4 Å². The molecule has 2 aromatic rings. The van der Waals surface area contributed by atoms with Crippen LogP contribution in [0.25, 0.3) is 0 Å². The fourth-order valence-electron chi connectivity index (χ4n) is 4.58. The standard InChI is InChI=1S/C30H46O5Si/c1-10-26(35-36(8,9)29(3,4)5)30(6,33-21-23-14-12-11-13-15-23)27-22(2)20-32-28(34-27)24-16-18-25(31-7)19-17-24/h11-19,22,26-28H,10,20-21H2,1-9H3/t22-,26+,27+,28+,30+/m0/s1. The lowest BCUT2D eigenvalue weighted by Crippen LogP contribution is -2.61. The number of benzene rings is 2. The van der Waals surface area contributed by atoms with Gasteiger partial charge in [-0.1, -0.05) is 77.1 Å². The summed E-state index contributed by atoms with van der Waals surface area (Å²) in [4.78, 5) is 0. The third kappa shape index (κ3) is 6.59. The molecule has 5 nitrogen and oxygen atoms in total. The highest BCUT2D eigenvalue weighted by Crippen LogP contribution is 2.44. The minimum Gasteiger partial charge on any atom is -0.497 e. The maximum absolute atomic E-state index is 7.05. The molecule has 5 atom stereocenters. The number of rotatable bonds is 10. The molecule has 0 N–H and O–H groups in total. The van der Waals surface area contributed by atoms with Crippen molar-refractivity contribution in [2.75, 3.05) is 13.7 Å². The monoisotopic (exact) mass is 514 g/mol. The molecule has 0 spiro atoms. The summed E-state index contributed by atoms with van der Waals surface area (Å²) in [5.41, 5.74) is 1.43. The zero-order chi connectivity index (χ0) is 26.6. The Kier molecular flexibility index (Phi) is 9.44. The average molecular weight is 515 g/mol. The normalized spacial score (nSPS) is 23.6. The van der Waals surface area contributed by atoms with Crippen LogP contribution in [0.2, 0.25) is 18.1 Å². The van der Waals surface area contributed by atoms with Gasteiger partial charge in [0, 0.05) is 11.5 Å². The second-order valence-electron chi connectivity index (χ2n) is 11.7. The predicted octanol–water partition coefficient (Wildman–Crippen LogP) is 7.52. The summed E-state index contributed by atoms with van der Waals surface area (Å²) < 4.78 is 32.1. The van der Waals surface area contributed by atoms with Crippen molar-refractivity contribution in [2.24, 2.45) is 5.92 Å². The van der Waals surface area contributed by atoms with E-state index in [1.54, 1.807) is 7.11 Å². The summed E-state index contributed by atoms with van der Waals surface area (Å²) in [7, 11) is -0.395. The molecular formula is C30H46O5Si. The molecule has 0 amide bonds. The Morgan fingerprint density at radius 1 is 1.00 bits per heavy atom. The second-order valence-corrected chi connectivity index (χ2v) is 16.5. The van der Waals surface area contributed by atoms with E-state index in [9.17, 15) is 0 Å². The van der Waals surface area contributed by atoms with Gasteiger partial charge in [0.05, 0.1) is 32.5 Å². The minimum atomic E-state index is -2.06. The first-order valence-corrected chi connectivity index (χ1v) is 16.1. The lowest BCUT2D eigenvalue weighted by atomic mass is 9.83. The number of methoxy groups -OCH3 is 1. The SMILES string of the molecule is CC[C@@H](O[Si](C)(C)C(C)(C)C)[C@@](C)(OCc1ccccc1)[C@@H]1O[C@H](c2ccc(OC)cc2)OC[C@@H]1C. The Morgan fingerprint density at radius 3 is 2.19 bits per heavy atom. The molecule has 0 aliphatic carbocycles. The fourth-order valence-corrected chi connectivity index (χ4v) is 6.04. The lowest BCUT2D eigenvalue weighted by molar-refractivity contribution is -0.300. The molecule has 1 fully saturated rings. The molecule has 0 saturated carbocycles.